The smallest absolute Gasteiger partial charge is 0.323 e. The van der Waals surface area contributed by atoms with Gasteiger partial charge in [-0.25, -0.2) is 8.78 Å². The SMILES string of the molecule is Fc1ccc(-c2nnc(Nc3nc4c(F)cccc4o3)o2)cc1. The highest BCUT2D eigenvalue weighted by Gasteiger charge is 2.13. The van der Waals surface area contributed by atoms with Crippen LogP contribution in [0.5, 0.6) is 0 Å². The summed E-state index contributed by atoms with van der Waals surface area (Å²) in [6.45, 7) is 0. The summed E-state index contributed by atoms with van der Waals surface area (Å²) in [5.74, 6) is -0.647. The van der Waals surface area contributed by atoms with Gasteiger partial charge in [0.2, 0.25) is 5.89 Å². The summed E-state index contributed by atoms with van der Waals surface area (Å²) in [6.07, 6.45) is 0. The van der Waals surface area contributed by atoms with E-state index in [0.29, 0.717) is 11.1 Å². The Morgan fingerprint density at radius 3 is 2.48 bits per heavy atom. The minimum atomic E-state index is -0.489. The summed E-state index contributed by atoms with van der Waals surface area (Å²) in [4.78, 5) is 3.97. The van der Waals surface area contributed by atoms with Gasteiger partial charge in [-0.1, -0.05) is 11.2 Å². The maximum absolute atomic E-state index is 13.6. The molecule has 23 heavy (non-hydrogen) atoms. The van der Waals surface area contributed by atoms with Gasteiger partial charge in [-0.05, 0) is 36.4 Å². The predicted molar refractivity (Wildman–Crippen MR) is 76.9 cm³/mol. The number of rotatable bonds is 3. The maximum atomic E-state index is 13.6. The molecule has 0 aliphatic rings. The molecule has 0 aliphatic carbocycles. The van der Waals surface area contributed by atoms with E-state index in [4.69, 9.17) is 8.83 Å². The molecule has 0 atom stereocenters. The molecule has 0 aliphatic heterocycles. The highest BCUT2D eigenvalue weighted by atomic mass is 19.1. The van der Waals surface area contributed by atoms with E-state index >= 15 is 0 Å². The van der Waals surface area contributed by atoms with Crippen LogP contribution < -0.4 is 5.32 Å². The van der Waals surface area contributed by atoms with Crippen molar-refractivity contribution in [1.82, 2.24) is 15.2 Å². The topological polar surface area (TPSA) is 77.0 Å². The zero-order chi connectivity index (χ0) is 15.8. The van der Waals surface area contributed by atoms with Crippen molar-refractivity contribution in [3.05, 3.63) is 54.1 Å². The van der Waals surface area contributed by atoms with Crippen LogP contribution in [0.4, 0.5) is 20.8 Å². The van der Waals surface area contributed by atoms with Gasteiger partial charge in [-0.15, -0.1) is 5.10 Å². The Hall–Kier alpha value is -3.29. The molecule has 8 heteroatoms. The summed E-state index contributed by atoms with van der Waals surface area (Å²) in [5.41, 5.74) is 0.967. The molecule has 0 saturated carbocycles. The Morgan fingerprint density at radius 2 is 1.70 bits per heavy atom. The fourth-order valence-corrected chi connectivity index (χ4v) is 2.04. The molecule has 2 aromatic heterocycles. The minimum Gasteiger partial charge on any atom is -0.423 e. The number of hydrogen-bond donors (Lipinski definition) is 1. The van der Waals surface area contributed by atoms with E-state index in [-0.39, 0.29) is 29.3 Å². The number of nitrogens with zero attached hydrogens (tertiary/aromatic N) is 3. The molecule has 0 bridgehead atoms. The fraction of sp³-hybridized carbons (Fsp3) is 0. The summed E-state index contributed by atoms with van der Waals surface area (Å²) in [5, 5.41) is 10.3. The van der Waals surface area contributed by atoms with Crippen LogP contribution in [0, 0.1) is 11.6 Å². The Bertz CT molecular complexity index is 979. The molecule has 6 nitrogen and oxygen atoms in total. The number of oxazole rings is 1. The average Bonchev–Trinajstić information content (AvgIpc) is 3.16. The second-order valence-electron chi connectivity index (χ2n) is 4.65. The lowest BCUT2D eigenvalue weighted by Crippen LogP contribution is -1.90. The molecule has 1 N–H and O–H groups in total. The molecule has 0 radical (unpaired) electrons. The van der Waals surface area contributed by atoms with Crippen LogP contribution in [0.3, 0.4) is 0 Å². The van der Waals surface area contributed by atoms with E-state index in [2.05, 4.69) is 20.5 Å². The van der Waals surface area contributed by atoms with Gasteiger partial charge in [-0.3, -0.25) is 5.32 Å². The van der Waals surface area contributed by atoms with Gasteiger partial charge in [0.15, 0.2) is 11.4 Å². The van der Waals surface area contributed by atoms with E-state index in [1.165, 1.54) is 36.4 Å². The highest BCUT2D eigenvalue weighted by molar-refractivity contribution is 5.75. The number of nitrogens with one attached hydrogen (secondary N) is 1. The van der Waals surface area contributed by atoms with Crippen LogP contribution in [0.15, 0.2) is 51.3 Å². The lowest BCUT2D eigenvalue weighted by Gasteiger charge is -1.94. The standard InChI is InChI=1S/C15H8F2N4O2/c16-9-6-4-8(5-7-9)13-20-21-15(23-13)19-14-18-12-10(17)2-1-3-11(12)22-14/h1-7H,(H,18,19,21). The number of aromatic nitrogens is 3. The lowest BCUT2D eigenvalue weighted by molar-refractivity contribution is 0.570. The Morgan fingerprint density at radius 1 is 0.870 bits per heavy atom. The van der Waals surface area contributed by atoms with E-state index in [0.717, 1.165) is 0 Å². The van der Waals surface area contributed by atoms with Crippen LogP contribution in [0.1, 0.15) is 0 Å². The molecule has 4 aromatic rings. The summed E-state index contributed by atoms with van der Waals surface area (Å²) >= 11 is 0. The van der Waals surface area contributed by atoms with Crippen molar-refractivity contribution in [2.45, 2.75) is 0 Å². The third kappa shape index (κ3) is 2.50. The van der Waals surface area contributed by atoms with Gasteiger partial charge < -0.3 is 8.83 Å². The zero-order valence-electron chi connectivity index (χ0n) is 11.5. The first kappa shape index (κ1) is 13.4. The number of halogens is 2. The third-order valence-corrected chi connectivity index (χ3v) is 3.10. The van der Waals surface area contributed by atoms with Gasteiger partial charge in [0.1, 0.15) is 11.3 Å². The second-order valence-corrected chi connectivity index (χ2v) is 4.65. The first-order valence-corrected chi connectivity index (χ1v) is 6.60. The number of hydrogen-bond acceptors (Lipinski definition) is 6. The molecule has 0 fully saturated rings. The molecule has 2 aromatic carbocycles. The molecule has 4 rings (SSSR count). The van der Waals surface area contributed by atoms with E-state index < -0.39 is 5.82 Å². The van der Waals surface area contributed by atoms with E-state index in [9.17, 15) is 8.78 Å². The number of anilines is 2. The van der Waals surface area contributed by atoms with Crippen LogP contribution in [-0.4, -0.2) is 15.2 Å². The maximum Gasteiger partial charge on any atom is 0.323 e. The van der Waals surface area contributed by atoms with Crippen molar-refractivity contribution < 1.29 is 17.6 Å². The molecular weight excluding hydrogens is 306 g/mol. The van der Waals surface area contributed by atoms with Gasteiger partial charge in [0.25, 0.3) is 0 Å². The van der Waals surface area contributed by atoms with Crippen molar-refractivity contribution in [3.8, 4) is 11.5 Å². The van der Waals surface area contributed by atoms with E-state index in [1.54, 1.807) is 6.07 Å². The summed E-state index contributed by atoms with van der Waals surface area (Å²) < 4.78 is 37.2. The Kier molecular flexibility index (Phi) is 3.00. The van der Waals surface area contributed by atoms with Gasteiger partial charge >= 0.3 is 12.0 Å². The molecular formula is C15H8F2N4O2. The number of fused-ring (bicyclic) bond motifs is 1. The van der Waals surface area contributed by atoms with Crippen LogP contribution >= 0.6 is 0 Å². The minimum absolute atomic E-state index is 0.0243. The number of para-hydroxylation sites is 1. The number of benzene rings is 2. The van der Waals surface area contributed by atoms with Crippen LogP contribution in [0.25, 0.3) is 22.6 Å². The van der Waals surface area contributed by atoms with Gasteiger partial charge in [0, 0.05) is 5.56 Å². The predicted octanol–water partition coefficient (Wildman–Crippen LogP) is 3.90. The third-order valence-electron chi connectivity index (χ3n) is 3.10. The first-order chi connectivity index (χ1) is 11.2. The molecule has 2 heterocycles. The van der Waals surface area contributed by atoms with Crippen LogP contribution in [0.2, 0.25) is 0 Å². The summed E-state index contributed by atoms with van der Waals surface area (Å²) in [6, 6.07) is 10.1. The van der Waals surface area contributed by atoms with Gasteiger partial charge in [0.05, 0.1) is 0 Å². The van der Waals surface area contributed by atoms with Crippen molar-refractivity contribution >= 4 is 23.1 Å². The van der Waals surface area contributed by atoms with Gasteiger partial charge in [-0.2, -0.15) is 4.98 Å². The monoisotopic (exact) mass is 314 g/mol. The highest BCUT2D eigenvalue weighted by Crippen LogP contribution is 2.25. The zero-order valence-corrected chi connectivity index (χ0v) is 11.5. The van der Waals surface area contributed by atoms with E-state index in [1.807, 2.05) is 0 Å². The Balaban J connectivity index is 1.61. The largest absolute Gasteiger partial charge is 0.423 e. The second kappa shape index (κ2) is 5.16. The van der Waals surface area contributed by atoms with Crippen molar-refractivity contribution in [3.63, 3.8) is 0 Å². The van der Waals surface area contributed by atoms with Crippen molar-refractivity contribution in [1.29, 1.82) is 0 Å². The van der Waals surface area contributed by atoms with Crippen LogP contribution in [-0.2, 0) is 0 Å². The molecule has 0 unspecified atom stereocenters. The summed E-state index contributed by atoms with van der Waals surface area (Å²) in [7, 11) is 0. The van der Waals surface area contributed by atoms with Crippen molar-refractivity contribution in [2.75, 3.05) is 5.32 Å². The fourth-order valence-electron chi connectivity index (χ4n) is 2.04. The average molecular weight is 314 g/mol. The Labute approximate surface area is 127 Å². The molecule has 0 saturated heterocycles. The molecule has 0 spiro atoms. The lowest BCUT2D eigenvalue weighted by atomic mass is 10.2. The molecule has 0 amide bonds. The van der Waals surface area contributed by atoms with Crippen molar-refractivity contribution in [2.24, 2.45) is 0 Å². The normalized spacial score (nSPS) is 11.0. The molecule has 114 valence electrons. The first-order valence-electron chi connectivity index (χ1n) is 6.60. The quantitative estimate of drug-likeness (QED) is 0.618.